The first-order chi connectivity index (χ1) is 15.8. The average Bonchev–Trinajstić information content (AvgIpc) is 3.22. The number of benzene rings is 1. The van der Waals surface area contributed by atoms with Gasteiger partial charge >= 0.3 is 11.9 Å². The van der Waals surface area contributed by atoms with E-state index in [1.165, 1.54) is 19.5 Å². The number of carbonyl (C=O) groups excluding carboxylic acids is 1. The molecule has 0 saturated carbocycles. The molecule has 0 radical (unpaired) electrons. The van der Waals surface area contributed by atoms with Crippen molar-refractivity contribution in [1.29, 1.82) is 5.41 Å². The highest BCUT2D eigenvalue weighted by Crippen LogP contribution is 2.33. The van der Waals surface area contributed by atoms with Gasteiger partial charge in [-0.25, -0.2) is 14.2 Å². The second kappa shape index (κ2) is 9.21. The Morgan fingerprint density at radius 1 is 1.29 bits per heavy atom. The molecule has 0 aliphatic rings. The first kappa shape index (κ1) is 24.8. The summed E-state index contributed by atoms with van der Waals surface area (Å²) in [7, 11) is 2.59. The Morgan fingerprint density at radius 2 is 1.97 bits per heavy atom. The van der Waals surface area contributed by atoms with Crippen molar-refractivity contribution in [3.8, 4) is 11.3 Å². The second-order valence-electron chi connectivity index (χ2n) is 7.26. The summed E-state index contributed by atoms with van der Waals surface area (Å²) in [6.45, 7) is 0. The van der Waals surface area contributed by atoms with Crippen molar-refractivity contribution < 1.29 is 22.4 Å². The number of thiazole rings is 1. The van der Waals surface area contributed by atoms with Gasteiger partial charge in [0.1, 0.15) is 11.6 Å². The van der Waals surface area contributed by atoms with Crippen LogP contribution in [-0.2, 0) is 25.1 Å². The third-order valence-corrected chi connectivity index (χ3v) is 5.80. The van der Waals surface area contributed by atoms with Gasteiger partial charge in [0.25, 0.3) is 5.56 Å². The third-order valence-electron chi connectivity index (χ3n) is 5.05. The fourth-order valence-corrected chi connectivity index (χ4v) is 3.93. The van der Waals surface area contributed by atoms with Gasteiger partial charge in [0.2, 0.25) is 5.91 Å². The number of rotatable bonds is 6. The molecule has 0 fully saturated rings. The van der Waals surface area contributed by atoms with Gasteiger partial charge in [-0.3, -0.25) is 18.7 Å². The van der Waals surface area contributed by atoms with Crippen molar-refractivity contribution in [3.05, 3.63) is 61.4 Å². The van der Waals surface area contributed by atoms with Crippen LogP contribution in [0.2, 0.25) is 0 Å². The molecular weight excluding hydrogens is 480 g/mol. The first-order valence-electron chi connectivity index (χ1n) is 9.53. The Labute approximate surface area is 193 Å². The Kier molecular flexibility index (Phi) is 6.72. The van der Waals surface area contributed by atoms with Gasteiger partial charge in [-0.2, -0.15) is 13.2 Å². The minimum Gasteiger partial charge on any atom is -0.385 e. The van der Waals surface area contributed by atoms with Crippen molar-refractivity contribution in [2.24, 2.45) is 14.1 Å². The second-order valence-corrected chi connectivity index (χ2v) is 8.12. The molecule has 1 unspecified atom stereocenters. The number of nitrogen functional groups attached to an aromatic ring is 1. The summed E-state index contributed by atoms with van der Waals surface area (Å²) < 4.78 is 54.2. The molecule has 4 N–H and O–H groups in total. The van der Waals surface area contributed by atoms with E-state index < -0.39 is 40.6 Å². The lowest BCUT2D eigenvalue weighted by Gasteiger charge is -2.16. The topological polar surface area (TPSA) is 136 Å². The Morgan fingerprint density at radius 3 is 2.56 bits per heavy atom. The van der Waals surface area contributed by atoms with E-state index in [1.807, 2.05) is 0 Å². The zero-order valence-corrected chi connectivity index (χ0v) is 18.6. The van der Waals surface area contributed by atoms with E-state index in [0.29, 0.717) is 6.07 Å². The van der Waals surface area contributed by atoms with Crippen molar-refractivity contribution >= 4 is 34.4 Å². The molecule has 3 aromatic rings. The molecule has 14 heteroatoms. The SMILES string of the molecule is Cn1c(N)c(C(C=N)CC(=O)Nc2nc(-c3ccc(C(F)(F)F)cc3F)cs2)c(=O)n(C)c1=O. The number of carbonyl (C=O) groups is 1. The van der Waals surface area contributed by atoms with Gasteiger partial charge in [0.05, 0.1) is 16.8 Å². The molecule has 1 aromatic carbocycles. The van der Waals surface area contributed by atoms with E-state index >= 15 is 0 Å². The standard InChI is InChI=1S/C20H18F4N6O3S/c1-29-16(26)15(17(32)30(2)19(29)33)9(7-25)5-14(31)28-18-27-13(8-34-18)11-4-3-10(6-12(11)21)20(22,23)24/h3-4,6-9,25H,5,26H2,1-2H3,(H,27,28,31). The molecule has 0 spiro atoms. The van der Waals surface area contributed by atoms with Gasteiger partial charge in [-0.15, -0.1) is 11.3 Å². The van der Waals surface area contributed by atoms with Gasteiger partial charge in [-0.05, 0) is 18.2 Å². The van der Waals surface area contributed by atoms with Crippen LogP contribution in [0.3, 0.4) is 0 Å². The van der Waals surface area contributed by atoms with Crippen LogP contribution in [0.25, 0.3) is 11.3 Å². The van der Waals surface area contributed by atoms with Crippen molar-refractivity contribution in [2.75, 3.05) is 11.1 Å². The first-order valence-corrected chi connectivity index (χ1v) is 10.4. The summed E-state index contributed by atoms with van der Waals surface area (Å²) in [4.78, 5) is 41.0. The number of nitrogens with one attached hydrogen (secondary N) is 2. The van der Waals surface area contributed by atoms with Crippen LogP contribution in [0.4, 0.5) is 28.5 Å². The van der Waals surface area contributed by atoms with E-state index in [2.05, 4.69) is 10.3 Å². The molecule has 34 heavy (non-hydrogen) atoms. The molecule has 1 amide bonds. The molecule has 9 nitrogen and oxygen atoms in total. The van der Waals surface area contributed by atoms with E-state index in [9.17, 15) is 31.9 Å². The zero-order chi connectivity index (χ0) is 25.4. The maximum absolute atomic E-state index is 14.2. The number of hydrogen-bond acceptors (Lipinski definition) is 7. The molecule has 0 aliphatic heterocycles. The van der Waals surface area contributed by atoms with Gasteiger partial charge < -0.3 is 16.5 Å². The highest BCUT2D eigenvalue weighted by Gasteiger charge is 2.31. The van der Waals surface area contributed by atoms with E-state index in [0.717, 1.165) is 38.8 Å². The van der Waals surface area contributed by atoms with Crippen LogP contribution in [-0.4, -0.2) is 26.2 Å². The Bertz CT molecular complexity index is 1390. The largest absolute Gasteiger partial charge is 0.416 e. The number of alkyl halides is 3. The van der Waals surface area contributed by atoms with Crippen LogP contribution in [0.15, 0.2) is 33.2 Å². The van der Waals surface area contributed by atoms with Gasteiger partial charge in [0, 0.05) is 43.6 Å². The molecule has 0 aliphatic carbocycles. The molecule has 3 rings (SSSR count). The summed E-state index contributed by atoms with van der Waals surface area (Å²) in [5.74, 6) is -3.00. The smallest absolute Gasteiger partial charge is 0.385 e. The third kappa shape index (κ3) is 4.76. The highest BCUT2D eigenvalue weighted by atomic mass is 32.1. The lowest BCUT2D eigenvalue weighted by Crippen LogP contribution is -2.41. The summed E-state index contributed by atoms with van der Waals surface area (Å²) in [5.41, 5.74) is 3.08. The summed E-state index contributed by atoms with van der Waals surface area (Å²) in [5, 5.41) is 11.5. The normalized spacial score (nSPS) is 12.4. The predicted octanol–water partition coefficient (Wildman–Crippen LogP) is 2.71. The lowest BCUT2D eigenvalue weighted by molar-refractivity contribution is -0.137. The number of halogens is 4. The fraction of sp³-hybridized carbons (Fsp3) is 0.250. The number of nitrogens with two attached hydrogens (primary N) is 1. The number of anilines is 2. The van der Waals surface area contributed by atoms with Crippen LogP contribution in [0.1, 0.15) is 23.5 Å². The van der Waals surface area contributed by atoms with Gasteiger partial charge in [0.15, 0.2) is 5.13 Å². The summed E-state index contributed by atoms with van der Waals surface area (Å²) >= 11 is 0.910. The highest BCUT2D eigenvalue weighted by molar-refractivity contribution is 7.14. The lowest BCUT2D eigenvalue weighted by atomic mass is 9.98. The number of aromatic nitrogens is 3. The molecule has 1 atom stereocenters. The summed E-state index contributed by atoms with van der Waals surface area (Å²) in [6, 6.07) is 2.03. The molecule has 0 bridgehead atoms. The van der Waals surface area contributed by atoms with Crippen molar-refractivity contribution in [2.45, 2.75) is 18.5 Å². The Hall–Kier alpha value is -3.81. The van der Waals surface area contributed by atoms with E-state index in [4.69, 9.17) is 11.1 Å². The average molecular weight is 498 g/mol. The molecule has 180 valence electrons. The van der Waals surface area contributed by atoms with Crippen LogP contribution >= 0.6 is 11.3 Å². The zero-order valence-electron chi connectivity index (χ0n) is 17.7. The number of nitrogens with zero attached hydrogens (tertiary/aromatic N) is 3. The van der Waals surface area contributed by atoms with Crippen molar-refractivity contribution in [3.63, 3.8) is 0 Å². The van der Waals surface area contributed by atoms with Crippen LogP contribution < -0.4 is 22.3 Å². The predicted molar refractivity (Wildman–Crippen MR) is 119 cm³/mol. The van der Waals surface area contributed by atoms with Crippen molar-refractivity contribution in [1.82, 2.24) is 14.1 Å². The monoisotopic (exact) mass is 498 g/mol. The molecule has 0 saturated heterocycles. The van der Waals surface area contributed by atoms with Crippen LogP contribution in [0.5, 0.6) is 0 Å². The number of amides is 1. The van der Waals surface area contributed by atoms with E-state index in [-0.39, 0.29) is 34.2 Å². The van der Waals surface area contributed by atoms with Crippen LogP contribution in [0, 0.1) is 11.2 Å². The Balaban J connectivity index is 1.80. The maximum Gasteiger partial charge on any atom is 0.416 e. The molecular formula is C20H18F4N6O3S. The fourth-order valence-electron chi connectivity index (χ4n) is 3.20. The molecule has 2 heterocycles. The number of hydrogen-bond donors (Lipinski definition) is 3. The molecule has 2 aromatic heterocycles. The summed E-state index contributed by atoms with van der Waals surface area (Å²) in [6.07, 6.45) is -4.23. The minimum atomic E-state index is -4.69. The van der Waals surface area contributed by atoms with E-state index in [1.54, 1.807) is 0 Å². The quantitative estimate of drug-likeness (QED) is 0.355. The maximum atomic E-state index is 14.2. The minimum absolute atomic E-state index is 0.0197. The van der Waals surface area contributed by atoms with Gasteiger partial charge in [-0.1, -0.05) is 0 Å².